The molecular weight excluding hydrogens is 154 g/mol. The molecule has 4 heteroatoms. The second kappa shape index (κ2) is 6.46. The van der Waals surface area contributed by atoms with E-state index in [9.17, 15) is 0 Å². The molecule has 0 amide bonds. The Labute approximate surface area is 71.8 Å². The Morgan fingerprint density at radius 3 is 2.58 bits per heavy atom. The van der Waals surface area contributed by atoms with Gasteiger partial charge in [0.05, 0.1) is 0 Å². The predicted octanol–water partition coefficient (Wildman–Crippen LogP) is 2.04. The van der Waals surface area contributed by atoms with Crippen LogP contribution in [-0.2, 0) is 0 Å². The lowest BCUT2D eigenvalue weighted by molar-refractivity contribution is 0.234. The molecule has 4 nitrogen and oxygen atoms in total. The topological polar surface area (TPSA) is 69.0 Å². The first-order valence-corrected chi connectivity index (χ1v) is 3.68. The van der Waals surface area contributed by atoms with Gasteiger partial charge in [-0.05, 0) is 12.0 Å². The minimum Gasteiger partial charge on any atom is -0.396 e. The van der Waals surface area contributed by atoms with Crippen molar-refractivity contribution >= 4 is 0 Å². The first-order valence-electron chi connectivity index (χ1n) is 3.68. The van der Waals surface area contributed by atoms with Gasteiger partial charge in [-0.3, -0.25) is 0 Å². The first kappa shape index (κ1) is 10.8. The highest BCUT2D eigenvalue weighted by Crippen LogP contribution is 2.13. The highest BCUT2D eigenvalue weighted by molar-refractivity contribution is 4.92. The molecule has 0 spiro atoms. The fourth-order valence-corrected chi connectivity index (χ4v) is 0.898. The molecule has 1 N–H and O–H groups in total. The summed E-state index contributed by atoms with van der Waals surface area (Å²) in [7, 11) is 0. The fraction of sp³-hybridized carbons (Fsp3) is 0.500. The molecule has 0 saturated heterocycles. The van der Waals surface area contributed by atoms with E-state index in [1.807, 2.05) is 0 Å². The number of aliphatic hydroxyl groups excluding tert-OH is 1. The van der Waals surface area contributed by atoms with Crippen molar-refractivity contribution in [3.63, 3.8) is 0 Å². The highest BCUT2D eigenvalue weighted by Gasteiger charge is 2.14. The maximum absolute atomic E-state index is 8.86. The van der Waals surface area contributed by atoms with E-state index in [1.165, 1.54) is 0 Å². The normalized spacial score (nSPS) is 14.1. The average molecular weight is 167 g/mol. The number of nitrogens with zero attached hydrogens (tertiary/aromatic N) is 3. The van der Waals surface area contributed by atoms with Crippen molar-refractivity contribution in [2.75, 3.05) is 6.61 Å². The summed E-state index contributed by atoms with van der Waals surface area (Å²) in [6.45, 7) is 7.02. The Hall–Kier alpha value is -1.25. The monoisotopic (exact) mass is 167 g/mol. The summed E-state index contributed by atoms with van der Waals surface area (Å²) >= 11 is 0. The number of rotatable bonds is 6. The molecular formula is C8H13N3O. The van der Waals surface area contributed by atoms with Gasteiger partial charge in [-0.1, -0.05) is 17.3 Å². The van der Waals surface area contributed by atoms with Gasteiger partial charge in [-0.15, -0.1) is 13.2 Å². The maximum atomic E-state index is 8.86. The van der Waals surface area contributed by atoms with E-state index in [4.69, 9.17) is 10.6 Å². The second-order valence-corrected chi connectivity index (χ2v) is 2.38. The second-order valence-electron chi connectivity index (χ2n) is 2.38. The van der Waals surface area contributed by atoms with Crippen molar-refractivity contribution in [3.8, 4) is 0 Å². The molecule has 0 rings (SSSR count). The van der Waals surface area contributed by atoms with Crippen molar-refractivity contribution in [2.24, 2.45) is 11.0 Å². The van der Waals surface area contributed by atoms with E-state index in [2.05, 4.69) is 23.2 Å². The minimum absolute atomic E-state index is 0.0545. The number of hydrogen-bond acceptors (Lipinski definition) is 2. The largest absolute Gasteiger partial charge is 0.396 e. The van der Waals surface area contributed by atoms with Gasteiger partial charge in [0.2, 0.25) is 0 Å². The van der Waals surface area contributed by atoms with Gasteiger partial charge in [-0.2, -0.15) is 0 Å². The van der Waals surface area contributed by atoms with E-state index in [0.29, 0.717) is 6.42 Å². The summed E-state index contributed by atoms with van der Waals surface area (Å²) in [5, 5.41) is 12.4. The van der Waals surface area contributed by atoms with Gasteiger partial charge < -0.3 is 5.11 Å². The Morgan fingerprint density at radius 1 is 1.58 bits per heavy atom. The summed E-state index contributed by atoms with van der Waals surface area (Å²) in [4.78, 5) is 2.69. The van der Waals surface area contributed by atoms with Crippen LogP contribution < -0.4 is 0 Å². The summed E-state index contributed by atoms with van der Waals surface area (Å²) in [5.41, 5.74) is 8.21. The van der Waals surface area contributed by atoms with Crippen molar-refractivity contribution < 1.29 is 5.11 Å². The smallest absolute Gasteiger partial charge is 0.0497 e. The predicted molar refractivity (Wildman–Crippen MR) is 48.5 cm³/mol. The zero-order valence-corrected chi connectivity index (χ0v) is 6.93. The van der Waals surface area contributed by atoms with E-state index < -0.39 is 0 Å². The lowest BCUT2D eigenvalue weighted by Crippen LogP contribution is -2.18. The molecule has 0 aliphatic carbocycles. The quantitative estimate of drug-likeness (QED) is 0.279. The standard InChI is InChI=1S/C8H13N3O/c1-3-5-8(10-11-9)7(4-2)6-12/h3-4,7-8,12H,1-2,5-6H2/t7-,8-/m1/s1. The number of azide groups is 1. The van der Waals surface area contributed by atoms with Crippen LogP contribution in [-0.4, -0.2) is 17.8 Å². The molecule has 0 heterocycles. The Bertz CT molecular complexity index is 196. The molecule has 0 saturated carbocycles. The molecule has 0 aromatic carbocycles. The van der Waals surface area contributed by atoms with Crippen LogP contribution in [0, 0.1) is 5.92 Å². The molecule has 66 valence electrons. The van der Waals surface area contributed by atoms with Gasteiger partial charge in [-0.25, -0.2) is 0 Å². The third kappa shape index (κ3) is 3.23. The first-order chi connectivity index (χ1) is 5.79. The van der Waals surface area contributed by atoms with Crippen LogP contribution in [0.2, 0.25) is 0 Å². The molecule has 0 aromatic heterocycles. The van der Waals surface area contributed by atoms with Crippen LogP contribution in [0.15, 0.2) is 30.4 Å². The van der Waals surface area contributed by atoms with Gasteiger partial charge in [0.15, 0.2) is 0 Å². The molecule has 12 heavy (non-hydrogen) atoms. The molecule has 0 fully saturated rings. The third-order valence-corrected chi connectivity index (χ3v) is 1.62. The van der Waals surface area contributed by atoms with Crippen LogP contribution in [0.4, 0.5) is 0 Å². The summed E-state index contributed by atoms with van der Waals surface area (Å²) in [6, 6.07) is -0.269. The average Bonchev–Trinajstić information content (AvgIpc) is 2.07. The Balaban J connectivity index is 4.33. The van der Waals surface area contributed by atoms with Crippen molar-refractivity contribution in [2.45, 2.75) is 12.5 Å². The number of aliphatic hydroxyl groups is 1. The van der Waals surface area contributed by atoms with Gasteiger partial charge in [0.25, 0.3) is 0 Å². The molecule has 2 atom stereocenters. The Kier molecular flexibility index (Phi) is 5.79. The third-order valence-electron chi connectivity index (χ3n) is 1.62. The zero-order chi connectivity index (χ0) is 9.40. The molecule has 0 radical (unpaired) electrons. The highest BCUT2D eigenvalue weighted by atomic mass is 16.3. The van der Waals surface area contributed by atoms with Crippen LogP contribution in [0.25, 0.3) is 10.4 Å². The molecule has 0 unspecified atom stereocenters. The van der Waals surface area contributed by atoms with Crippen molar-refractivity contribution in [1.29, 1.82) is 0 Å². The van der Waals surface area contributed by atoms with Crippen molar-refractivity contribution in [3.05, 3.63) is 35.8 Å². The molecule has 0 aromatic rings. The Morgan fingerprint density at radius 2 is 2.25 bits per heavy atom. The van der Waals surface area contributed by atoms with Crippen LogP contribution >= 0.6 is 0 Å². The van der Waals surface area contributed by atoms with Crippen LogP contribution in [0.5, 0.6) is 0 Å². The minimum atomic E-state index is -0.269. The molecule has 0 bridgehead atoms. The summed E-state index contributed by atoms with van der Waals surface area (Å²) in [6.07, 6.45) is 3.80. The molecule has 0 aliphatic rings. The van der Waals surface area contributed by atoms with E-state index in [1.54, 1.807) is 12.2 Å². The maximum Gasteiger partial charge on any atom is 0.0497 e. The summed E-state index contributed by atoms with van der Waals surface area (Å²) in [5.74, 6) is -0.182. The fourth-order valence-electron chi connectivity index (χ4n) is 0.898. The van der Waals surface area contributed by atoms with Crippen LogP contribution in [0.1, 0.15) is 6.42 Å². The van der Waals surface area contributed by atoms with Gasteiger partial charge in [0, 0.05) is 23.5 Å². The van der Waals surface area contributed by atoms with Gasteiger partial charge in [0.1, 0.15) is 0 Å². The van der Waals surface area contributed by atoms with Crippen LogP contribution in [0.3, 0.4) is 0 Å². The SMILES string of the molecule is C=CC[C@@H](N=[N+]=[N-])[C@H](C=C)CO. The number of hydrogen-bond donors (Lipinski definition) is 1. The van der Waals surface area contributed by atoms with E-state index >= 15 is 0 Å². The van der Waals surface area contributed by atoms with Crippen molar-refractivity contribution in [1.82, 2.24) is 0 Å². The van der Waals surface area contributed by atoms with Gasteiger partial charge >= 0.3 is 0 Å². The van der Waals surface area contributed by atoms with E-state index in [-0.39, 0.29) is 18.6 Å². The summed E-state index contributed by atoms with van der Waals surface area (Å²) < 4.78 is 0. The lowest BCUT2D eigenvalue weighted by atomic mass is 9.99. The molecule has 0 aliphatic heterocycles. The zero-order valence-electron chi connectivity index (χ0n) is 6.93. The lowest BCUT2D eigenvalue weighted by Gasteiger charge is -2.15. The van der Waals surface area contributed by atoms with E-state index in [0.717, 1.165) is 0 Å².